The van der Waals surface area contributed by atoms with Crippen molar-refractivity contribution < 1.29 is 27.8 Å². The lowest BCUT2D eigenvalue weighted by molar-refractivity contribution is -0.137. The van der Waals surface area contributed by atoms with E-state index in [-0.39, 0.29) is 12.5 Å². The lowest BCUT2D eigenvalue weighted by Crippen LogP contribution is -2.48. The van der Waals surface area contributed by atoms with E-state index in [1.165, 1.54) is 19.2 Å². The van der Waals surface area contributed by atoms with Gasteiger partial charge in [0.25, 0.3) is 0 Å². The van der Waals surface area contributed by atoms with E-state index in [0.717, 1.165) is 17.7 Å². The molecule has 1 heterocycles. The van der Waals surface area contributed by atoms with Crippen molar-refractivity contribution in [2.75, 3.05) is 20.3 Å². The number of nitrogens with two attached hydrogens (primary N) is 1. The second kappa shape index (κ2) is 9.41. The highest BCUT2D eigenvalue weighted by Gasteiger charge is 2.49. The Morgan fingerprint density at radius 3 is 2.50 bits per heavy atom. The molecule has 0 bridgehead atoms. The van der Waals surface area contributed by atoms with Crippen molar-refractivity contribution in [2.45, 2.75) is 38.2 Å². The summed E-state index contributed by atoms with van der Waals surface area (Å²) >= 11 is 0. The predicted molar refractivity (Wildman–Crippen MR) is 114 cm³/mol. The van der Waals surface area contributed by atoms with Gasteiger partial charge >= 0.3 is 6.18 Å². The van der Waals surface area contributed by atoms with Gasteiger partial charge in [0.2, 0.25) is 0 Å². The first-order chi connectivity index (χ1) is 15.1. The van der Waals surface area contributed by atoms with Gasteiger partial charge in [-0.2, -0.15) is 13.2 Å². The van der Waals surface area contributed by atoms with E-state index < -0.39 is 29.4 Å². The van der Waals surface area contributed by atoms with E-state index in [0.29, 0.717) is 23.6 Å². The fourth-order valence-electron chi connectivity index (χ4n) is 3.84. The van der Waals surface area contributed by atoms with Crippen molar-refractivity contribution in [3.63, 3.8) is 0 Å². The van der Waals surface area contributed by atoms with Crippen molar-refractivity contribution >= 4 is 0 Å². The summed E-state index contributed by atoms with van der Waals surface area (Å²) in [6, 6.07) is 10.1. The number of alkyl halides is 3. The van der Waals surface area contributed by atoms with Crippen LogP contribution in [-0.2, 0) is 6.18 Å². The van der Waals surface area contributed by atoms with E-state index in [1.807, 2.05) is 19.1 Å². The van der Waals surface area contributed by atoms with E-state index in [1.54, 1.807) is 13.0 Å². The highest BCUT2D eigenvalue weighted by Crippen LogP contribution is 2.46. The maximum absolute atomic E-state index is 12.6. The lowest BCUT2D eigenvalue weighted by Gasteiger charge is -2.37. The summed E-state index contributed by atoms with van der Waals surface area (Å²) in [4.78, 5) is 0. The van der Waals surface area contributed by atoms with Crippen LogP contribution >= 0.6 is 0 Å². The average Bonchev–Trinajstić information content (AvgIpc) is 3.06. The largest absolute Gasteiger partial charge is 0.493 e. The summed E-state index contributed by atoms with van der Waals surface area (Å²) in [5.74, 6) is 6.49. The van der Waals surface area contributed by atoms with Gasteiger partial charge in [0, 0.05) is 23.4 Å². The minimum Gasteiger partial charge on any atom is -0.493 e. The average molecular weight is 447 g/mol. The number of ether oxygens (including phenoxy) is 2. The fraction of sp³-hybridized carbons (Fsp3) is 0.417. The molecule has 2 aromatic carbocycles. The Hall–Kier alpha value is -2.73. The summed E-state index contributed by atoms with van der Waals surface area (Å²) in [5, 5.41) is 14.8. The molecule has 0 aromatic heterocycles. The van der Waals surface area contributed by atoms with Gasteiger partial charge in [-0.25, -0.2) is 5.32 Å². The number of rotatable bonds is 5. The zero-order valence-corrected chi connectivity index (χ0v) is 18.1. The number of halogens is 3. The summed E-state index contributed by atoms with van der Waals surface area (Å²) in [5.41, 5.74) is 6.19. The van der Waals surface area contributed by atoms with Crippen LogP contribution in [0.3, 0.4) is 0 Å². The fourth-order valence-corrected chi connectivity index (χ4v) is 3.84. The SMILES string of the molecule is COc1ccc([C@@H]2C[N]C(N)[C@@]2(C)[C@@H](C)O)cc1OCC#Cc1ccc(C(F)(F)F)cc1. The molecule has 3 rings (SSSR count). The Balaban J connectivity index is 1.75. The molecular formula is C24H26F3N2O3. The van der Waals surface area contributed by atoms with E-state index >= 15 is 0 Å². The third-order valence-electron chi connectivity index (χ3n) is 6.11. The van der Waals surface area contributed by atoms with Crippen molar-refractivity contribution in [3.8, 4) is 23.3 Å². The molecule has 0 amide bonds. The van der Waals surface area contributed by atoms with Gasteiger partial charge in [0.15, 0.2) is 11.5 Å². The molecule has 1 unspecified atom stereocenters. The van der Waals surface area contributed by atoms with Crippen LogP contribution in [0, 0.1) is 17.3 Å². The number of benzene rings is 2. The number of hydrogen-bond acceptors (Lipinski definition) is 4. The molecule has 1 aliphatic heterocycles. The zero-order valence-electron chi connectivity index (χ0n) is 18.1. The van der Waals surface area contributed by atoms with Crippen LogP contribution in [0.5, 0.6) is 11.5 Å². The van der Waals surface area contributed by atoms with E-state index in [9.17, 15) is 18.3 Å². The third-order valence-corrected chi connectivity index (χ3v) is 6.11. The van der Waals surface area contributed by atoms with Crippen LogP contribution < -0.4 is 20.5 Å². The Kier molecular flexibility index (Phi) is 7.03. The van der Waals surface area contributed by atoms with Gasteiger partial charge in [-0.05, 0) is 48.9 Å². The van der Waals surface area contributed by atoms with Crippen molar-refractivity contribution in [2.24, 2.45) is 11.1 Å². The maximum atomic E-state index is 12.6. The van der Waals surface area contributed by atoms with E-state index in [4.69, 9.17) is 15.2 Å². The Morgan fingerprint density at radius 1 is 1.22 bits per heavy atom. The van der Waals surface area contributed by atoms with Crippen LogP contribution in [0.2, 0.25) is 0 Å². The van der Waals surface area contributed by atoms with Gasteiger partial charge in [0.05, 0.1) is 24.9 Å². The molecule has 8 heteroatoms. The summed E-state index contributed by atoms with van der Waals surface area (Å²) in [6.07, 6.45) is -5.51. The molecule has 0 spiro atoms. The first kappa shape index (κ1) is 23.9. The van der Waals surface area contributed by atoms with Crippen LogP contribution in [0.15, 0.2) is 42.5 Å². The molecule has 2 aromatic rings. The topological polar surface area (TPSA) is 78.8 Å². The van der Waals surface area contributed by atoms with Crippen molar-refractivity contribution in [3.05, 3.63) is 59.2 Å². The number of aliphatic hydroxyl groups excluding tert-OH is 1. The lowest BCUT2D eigenvalue weighted by atomic mass is 9.71. The smallest absolute Gasteiger partial charge is 0.416 e. The molecule has 3 N–H and O–H groups in total. The van der Waals surface area contributed by atoms with Crippen molar-refractivity contribution in [1.82, 2.24) is 5.32 Å². The molecule has 171 valence electrons. The quantitative estimate of drug-likeness (QED) is 0.688. The van der Waals surface area contributed by atoms with Gasteiger partial charge in [-0.1, -0.05) is 24.8 Å². The Labute approximate surface area is 185 Å². The van der Waals surface area contributed by atoms with Crippen molar-refractivity contribution in [1.29, 1.82) is 0 Å². The second-order valence-electron chi connectivity index (χ2n) is 7.98. The standard InChI is InChI=1S/C24H26F3N2O3/c1-15(30)23(2)19(14-29-22(23)28)17-8-11-20(31-3)21(13-17)32-12-4-5-16-6-9-18(10-7-16)24(25,26)27/h6-11,13,15,19,22,30H,12,14,28H2,1-3H3/t15-,19+,22?,23+/m1/s1. The molecule has 0 saturated carbocycles. The van der Waals surface area contributed by atoms with Gasteiger partial charge in [-0.3, -0.25) is 0 Å². The van der Waals surface area contributed by atoms with Crippen LogP contribution in [0.1, 0.15) is 36.5 Å². The third kappa shape index (κ3) is 4.85. The second-order valence-corrected chi connectivity index (χ2v) is 7.98. The van der Waals surface area contributed by atoms with Gasteiger partial charge in [-0.15, -0.1) is 0 Å². The van der Waals surface area contributed by atoms with Crippen LogP contribution in [0.25, 0.3) is 0 Å². The molecule has 0 aliphatic carbocycles. The minimum absolute atomic E-state index is 0.0169. The molecule has 1 saturated heterocycles. The minimum atomic E-state index is -4.38. The van der Waals surface area contributed by atoms with E-state index in [2.05, 4.69) is 17.2 Å². The summed E-state index contributed by atoms with van der Waals surface area (Å²) in [6.45, 7) is 4.14. The highest BCUT2D eigenvalue weighted by molar-refractivity contribution is 5.45. The summed E-state index contributed by atoms with van der Waals surface area (Å²) < 4.78 is 49.1. The molecule has 4 atom stereocenters. The van der Waals surface area contributed by atoms with Gasteiger partial charge in [0.1, 0.15) is 6.61 Å². The predicted octanol–water partition coefficient (Wildman–Crippen LogP) is 3.52. The summed E-state index contributed by atoms with van der Waals surface area (Å²) in [7, 11) is 1.52. The van der Waals surface area contributed by atoms with Crippen LogP contribution in [0.4, 0.5) is 13.2 Å². The first-order valence-corrected chi connectivity index (χ1v) is 10.1. The Bertz CT molecular complexity index is 996. The molecule has 1 aliphatic rings. The number of nitrogens with zero attached hydrogens (tertiary/aromatic N) is 1. The first-order valence-electron chi connectivity index (χ1n) is 10.1. The monoisotopic (exact) mass is 447 g/mol. The number of aliphatic hydroxyl groups is 1. The number of hydrogen-bond donors (Lipinski definition) is 2. The zero-order chi connectivity index (χ0) is 23.5. The molecule has 1 fully saturated rings. The maximum Gasteiger partial charge on any atom is 0.416 e. The molecule has 5 nitrogen and oxygen atoms in total. The Morgan fingerprint density at radius 2 is 1.91 bits per heavy atom. The highest BCUT2D eigenvalue weighted by atomic mass is 19.4. The normalized spacial score (nSPS) is 23.9. The van der Waals surface area contributed by atoms with Crippen LogP contribution in [-0.4, -0.2) is 37.6 Å². The van der Waals surface area contributed by atoms with Gasteiger partial charge < -0.3 is 20.3 Å². The molecule has 32 heavy (non-hydrogen) atoms. The molecular weight excluding hydrogens is 421 g/mol. The molecule has 1 radical (unpaired) electrons. The number of methoxy groups -OCH3 is 1.